The van der Waals surface area contributed by atoms with Crippen molar-refractivity contribution >= 4 is 5.95 Å². The second kappa shape index (κ2) is 5.84. The molecule has 0 radical (unpaired) electrons. The Labute approximate surface area is 103 Å². The average molecular weight is 235 g/mol. The Kier molecular flexibility index (Phi) is 4.18. The Hall–Kier alpha value is -1.32. The van der Waals surface area contributed by atoms with Crippen LogP contribution in [0, 0.1) is 5.92 Å². The molecule has 2 atom stereocenters. The first-order chi connectivity index (χ1) is 8.29. The third-order valence-corrected chi connectivity index (χ3v) is 3.52. The van der Waals surface area contributed by atoms with Crippen molar-refractivity contribution < 1.29 is 4.74 Å². The van der Waals surface area contributed by atoms with Crippen molar-refractivity contribution in [2.24, 2.45) is 5.92 Å². The Morgan fingerprint density at radius 3 is 2.94 bits per heavy atom. The zero-order chi connectivity index (χ0) is 12.1. The van der Waals surface area contributed by atoms with Crippen molar-refractivity contribution in [3.63, 3.8) is 0 Å². The highest BCUT2D eigenvalue weighted by Gasteiger charge is 2.20. The van der Waals surface area contributed by atoms with Crippen molar-refractivity contribution in [1.29, 1.82) is 0 Å². The molecule has 1 heterocycles. The van der Waals surface area contributed by atoms with Gasteiger partial charge in [0.05, 0.1) is 7.11 Å². The number of nitrogens with zero attached hydrogens (tertiary/aromatic N) is 2. The van der Waals surface area contributed by atoms with E-state index in [-0.39, 0.29) is 0 Å². The number of ether oxygens (including phenoxy) is 1. The minimum absolute atomic E-state index is 0.490. The van der Waals surface area contributed by atoms with Crippen LogP contribution >= 0.6 is 0 Å². The summed E-state index contributed by atoms with van der Waals surface area (Å²) in [5.41, 5.74) is 0. The fraction of sp³-hybridized carbons (Fsp3) is 0.692. The van der Waals surface area contributed by atoms with E-state index in [4.69, 9.17) is 4.74 Å². The first-order valence-corrected chi connectivity index (χ1v) is 6.43. The van der Waals surface area contributed by atoms with E-state index in [9.17, 15) is 0 Å². The zero-order valence-electron chi connectivity index (χ0n) is 10.6. The first-order valence-electron chi connectivity index (χ1n) is 6.43. The summed E-state index contributed by atoms with van der Waals surface area (Å²) in [5.74, 6) is 1.99. The lowest BCUT2D eigenvalue weighted by Gasteiger charge is -2.22. The minimum atomic E-state index is 0.490. The van der Waals surface area contributed by atoms with Crippen molar-refractivity contribution in [2.75, 3.05) is 12.4 Å². The molecule has 1 fully saturated rings. The van der Waals surface area contributed by atoms with Gasteiger partial charge in [-0.2, -0.15) is 4.98 Å². The molecule has 0 spiro atoms. The van der Waals surface area contributed by atoms with E-state index in [2.05, 4.69) is 22.2 Å². The number of anilines is 1. The molecule has 2 rings (SSSR count). The standard InChI is InChI=1S/C13H21N3O/c1-10-6-4-3-5-7-11(10)15-13-14-9-8-12(16-13)17-2/h8-11H,3-7H2,1-2H3,(H,14,15,16). The summed E-state index contributed by atoms with van der Waals surface area (Å²) >= 11 is 0. The molecule has 1 saturated carbocycles. The van der Waals surface area contributed by atoms with Gasteiger partial charge in [0.2, 0.25) is 11.8 Å². The molecular weight excluding hydrogens is 214 g/mol. The fourth-order valence-electron chi connectivity index (χ4n) is 2.40. The largest absolute Gasteiger partial charge is 0.481 e. The smallest absolute Gasteiger partial charge is 0.226 e. The topological polar surface area (TPSA) is 47.0 Å². The van der Waals surface area contributed by atoms with E-state index in [1.807, 2.05) is 0 Å². The molecule has 0 saturated heterocycles. The van der Waals surface area contributed by atoms with E-state index >= 15 is 0 Å². The van der Waals surface area contributed by atoms with E-state index in [1.165, 1.54) is 32.1 Å². The number of nitrogens with one attached hydrogen (secondary N) is 1. The SMILES string of the molecule is COc1ccnc(NC2CCCCCC2C)n1. The maximum Gasteiger partial charge on any atom is 0.226 e. The van der Waals surface area contributed by atoms with Crippen LogP contribution in [-0.2, 0) is 0 Å². The molecule has 2 unspecified atom stereocenters. The summed E-state index contributed by atoms with van der Waals surface area (Å²) in [6.07, 6.45) is 8.23. The molecule has 17 heavy (non-hydrogen) atoms. The maximum atomic E-state index is 5.10. The summed E-state index contributed by atoms with van der Waals surface area (Å²) < 4.78 is 5.10. The number of aromatic nitrogens is 2. The summed E-state index contributed by atoms with van der Waals surface area (Å²) in [6.45, 7) is 2.31. The van der Waals surface area contributed by atoms with Gasteiger partial charge < -0.3 is 10.1 Å². The normalized spacial score (nSPS) is 25.1. The van der Waals surface area contributed by atoms with Crippen molar-refractivity contribution in [1.82, 2.24) is 9.97 Å². The van der Waals surface area contributed by atoms with Crippen molar-refractivity contribution in [3.05, 3.63) is 12.3 Å². The van der Waals surface area contributed by atoms with E-state index in [0.29, 0.717) is 23.8 Å². The van der Waals surface area contributed by atoms with Crippen LogP contribution in [0.25, 0.3) is 0 Å². The Balaban J connectivity index is 2.02. The molecule has 94 valence electrons. The van der Waals surface area contributed by atoms with E-state index in [1.54, 1.807) is 19.4 Å². The number of hydrogen-bond acceptors (Lipinski definition) is 4. The van der Waals surface area contributed by atoms with Crippen LogP contribution < -0.4 is 10.1 Å². The van der Waals surface area contributed by atoms with Gasteiger partial charge in [0.25, 0.3) is 0 Å². The quantitative estimate of drug-likeness (QED) is 0.818. The predicted octanol–water partition coefficient (Wildman–Crippen LogP) is 2.87. The Morgan fingerprint density at radius 1 is 1.29 bits per heavy atom. The van der Waals surface area contributed by atoms with Crippen LogP contribution in [0.3, 0.4) is 0 Å². The minimum Gasteiger partial charge on any atom is -0.481 e. The second-order valence-electron chi connectivity index (χ2n) is 4.79. The highest BCUT2D eigenvalue weighted by atomic mass is 16.5. The first kappa shape index (κ1) is 12.1. The van der Waals surface area contributed by atoms with Crippen LogP contribution in [0.2, 0.25) is 0 Å². The van der Waals surface area contributed by atoms with Crippen LogP contribution in [-0.4, -0.2) is 23.1 Å². The summed E-state index contributed by atoms with van der Waals surface area (Å²) in [6, 6.07) is 2.26. The third-order valence-electron chi connectivity index (χ3n) is 3.52. The van der Waals surface area contributed by atoms with Gasteiger partial charge in [-0.1, -0.05) is 26.2 Å². The predicted molar refractivity (Wildman–Crippen MR) is 68.2 cm³/mol. The van der Waals surface area contributed by atoms with Gasteiger partial charge in [0, 0.05) is 18.3 Å². The molecule has 1 aliphatic carbocycles. The lowest BCUT2D eigenvalue weighted by molar-refractivity contribution is 0.396. The zero-order valence-corrected chi connectivity index (χ0v) is 10.6. The van der Waals surface area contributed by atoms with Gasteiger partial charge in [-0.15, -0.1) is 0 Å². The molecule has 0 amide bonds. The fourth-order valence-corrected chi connectivity index (χ4v) is 2.40. The van der Waals surface area contributed by atoms with Crippen LogP contribution in [0.1, 0.15) is 39.0 Å². The molecule has 4 nitrogen and oxygen atoms in total. The summed E-state index contributed by atoms with van der Waals surface area (Å²) in [7, 11) is 1.63. The summed E-state index contributed by atoms with van der Waals surface area (Å²) in [5, 5.41) is 3.44. The van der Waals surface area contributed by atoms with Gasteiger partial charge in [-0.3, -0.25) is 0 Å². The number of methoxy groups -OCH3 is 1. The van der Waals surface area contributed by atoms with Crippen LogP contribution in [0.5, 0.6) is 5.88 Å². The van der Waals surface area contributed by atoms with Gasteiger partial charge >= 0.3 is 0 Å². The number of rotatable bonds is 3. The Morgan fingerprint density at radius 2 is 2.12 bits per heavy atom. The molecular formula is C13H21N3O. The average Bonchev–Trinajstić information content (AvgIpc) is 2.55. The molecule has 1 N–H and O–H groups in total. The monoisotopic (exact) mass is 235 g/mol. The molecule has 4 heteroatoms. The van der Waals surface area contributed by atoms with Crippen molar-refractivity contribution in [3.8, 4) is 5.88 Å². The van der Waals surface area contributed by atoms with Gasteiger partial charge in [0.1, 0.15) is 0 Å². The molecule has 1 aliphatic rings. The maximum absolute atomic E-state index is 5.10. The molecule has 0 aliphatic heterocycles. The van der Waals surface area contributed by atoms with E-state index < -0.39 is 0 Å². The van der Waals surface area contributed by atoms with Gasteiger partial charge in [-0.05, 0) is 18.8 Å². The molecule has 1 aromatic heterocycles. The third kappa shape index (κ3) is 3.32. The lowest BCUT2D eigenvalue weighted by Crippen LogP contribution is -2.27. The highest BCUT2D eigenvalue weighted by molar-refractivity contribution is 5.29. The van der Waals surface area contributed by atoms with E-state index in [0.717, 1.165) is 0 Å². The highest BCUT2D eigenvalue weighted by Crippen LogP contribution is 2.25. The second-order valence-corrected chi connectivity index (χ2v) is 4.79. The van der Waals surface area contributed by atoms with Crippen LogP contribution in [0.15, 0.2) is 12.3 Å². The van der Waals surface area contributed by atoms with Gasteiger partial charge in [0.15, 0.2) is 0 Å². The lowest BCUT2D eigenvalue weighted by atomic mass is 9.97. The molecule has 0 aromatic carbocycles. The molecule has 0 bridgehead atoms. The van der Waals surface area contributed by atoms with Crippen molar-refractivity contribution in [2.45, 2.75) is 45.1 Å². The van der Waals surface area contributed by atoms with Crippen LogP contribution in [0.4, 0.5) is 5.95 Å². The molecule has 1 aromatic rings. The number of hydrogen-bond donors (Lipinski definition) is 1. The van der Waals surface area contributed by atoms with Gasteiger partial charge in [-0.25, -0.2) is 4.98 Å². The summed E-state index contributed by atoms with van der Waals surface area (Å²) in [4.78, 5) is 8.55. The Bertz CT molecular complexity index is 356.